The minimum Gasteiger partial charge on any atom is -0.467 e. The average molecular weight is 260 g/mol. The predicted molar refractivity (Wildman–Crippen MR) is 72.6 cm³/mol. The smallest absolute Gasteiger partial charge is 0.267 e. The van der Waals surface area contributed by atoms with Gasteiger partial charge < -0.3 is 20.8 Å². The molecule has 6 heteroatoms. The van der Waals surface area contributed by atoms with Crippen molar-refractivity contribution in [3.05, 3.63) is 42.0 Å². The lowest BCUT2D eigenvalue weighted by Gasteiger charge is -2.22. The third kappa shape index (κ3) is 2.85. The standard InChI is InChI=1S/C13H16N4O2/c1-2-17(8-9-4-3-7-19-9)13-10(14)5-6-11(16-13)12(15)18/h3-7H,2,8,14H2,1H3,(H2,15,18). The van der Waals surface area contributed by atoms with Crippen molar-refractivity contribution in [3.63, 3.8) is 0 Å². The molecule has 0 fully saturated rings. The van der Waals surface area contributed by atoms with Crippen LogP contribution in [0.25, 0.3) is 0 Å². The summed E-state index contributed by atoms with van der Waals surface area (Å²) < 4.78 is 5.30. The average Bonchev–Trinajstić information content (AvgIpc) is 2.89. The summed E-state index contributed by atoms with van der Waals surface area (Å²) in [6.45, 7) is 3.18. The van der Waals surface area contributed by atoms with Crippen molar-refractivity contribution >= 4 is 17.4 Å². The van der Waals surface area contributed by atoms with Crippen LogP contribution in [0.1, 0.15) is 23.2 Å². The molecule has 1 amide bonds. The van der Waals surface area contributed by atoms with E-state index in [0.717, 1.165) is 5.76 Å². The number of hydrogen-bond acceptors (Lipinski definition) is 5. The van der Waals surface area contributed by atoms with E-state index in [1.165, 1.54) is 6.07 Å². The molecular weight excluding hydrogens is 244 g/mol. The van der Waals surface area contributed by atoms with E-state index in [2.05, 4.69) is 4.98 Å². The third-order valence-corrected chi connectivity index (χ3v) is 2.77. The first-order valence-corrected chi connectivity index (χ1v) is 5.95. The fraction of sp³-hybridized carbons (Fsp3) is 0.231. The molecule has 19 heavy (non-hydrogen) atoms. The predicted octanol–water partition coefficient (Wildman–Crippen LogP) is 1.38. The van der Waals surface area contributed by atoms with Crippen LogP contribution in [0.15, 0.2) is 34.9 Å². The highest BCUT2D eigenvalue weighted by atomic mass is 16.3. The van der Waals surface area contributed by atoms with E-state index in [9.17, 15) is 4.79 Å². The third-order valence-electron chi connectivity index (χ3n) is 2.77. The summed E-state index contributed by atoms with van der Waals surface area (Å²) in [6, 6.07) is 6.84. The molecule has 2 aromatic heterocycles. The summed E-state index contributed by atoms with van der Waals surface area (Å²) in [5.41, 5.74) is 11.8. The van der Waals surface area contributed by atoms with Gasteiger partial charge in [0.1, 0.15) is 11.5 Å². The van der Waals surface area contributed by atoms with Crippen LogP contribution in [0.5, 0.6) is 0 Å². The second kappa shape index (κ2) is 5.43. The Balaban J connectivity index is 2.31. The number of carbonyl (C=O) groups is 1. The van der Waals surface area contributed by atoms with Crippen LogP contribution in [-0.2, 0) is 6.54 Å². The highest BCUT2D eigenvalue weighted by Crippen LogP contribution is 2.22. The second-order valence-electron chi connectivity index (χ2n) is 4.07. The van der Waals surface area contributed by atoms with Gasteiger partial charge in [-0.25, -0.2) is 4.98 Å². The molecule has 0 bridgehead atoms. The normalized spacial score (nSPS) is 10.4. The lowest BCUT2D eigenvalue weighted by atomic mass is 10.3. The number of furan rings is 1. The number of primary amides is 1. The van der Waals surface area contributed by atoms with Gasteiger partial charge in [-0.3, -0.25) is 4.79 Å². The quantitative estimate of drug-likeness (QED) is 0.846. The lowest BCUT2D eigenvalue weighted by molar-refractivity contribution is 0.0995. The monoisotopic (exact) mass is 260 g/mol. The zero-order chi connectivity index (χ0) is 13.8. The molecule has 0 atom stereocenters. The maximum atomic E-state index is 11.2. The largest absolute Gasteiger partial charge is 0.467 e. The molecule has 2 aromatic rings. The number of carbonyl (C=O) groups excluding carboxylic acids is 1. The zero-order valence-electron chi connectivity index (χ0n) is 10.7. The first-order chi connectivity index (χ1) is 9.11. The molecule has 100 valence electrons. The Bertz CT molecular complexity index is 566. The number of pyridine rings is 1. The maximum absolute atomic E-state index is 11.2. The Hall–Kier alpha value is -2.50. The van der Waals surface area contributed by atoms with E-state index in [4.69, 9.17) is 15.9 Å². The summed E-state index contributed by atoms with van der Waals surface area (Å²) in [6.07, 6.45) is 1.61. The number of anilines is 2. The van der Waals surface area contributed by atoms with E-state index in [1.54, 1.807) is 12.3 Å². The van der Waals surface area contributed by atoms with Crippen LogP contribution < -0.4 is 16.4 Å². The minimum absolute atomic E-state index is 0.196. The van der Waals surface area contributed by atoms with Crippen LogP contribution in [0.4, 0.5) is 11.5 Å². The summed E-state index contributed by atoms with van der Waals surface area (Å²) in [4.78, 5) is 17.3. The number of rotatable bonds is 5. The summed E-state index contributed by atoms with van der Waals surface area (Å²) in [5.74, 6) is 0.762. The molecule has 0 aromatic carbocycles. The summed E-state index contributed by atoms with van der Waals surface area (Å²) in [5, 5.41) is 0. The van der Waals surface area contributed by atoms with Gasteiger partial charge in [0.2, 0.25) is 0 Å². The molecule has 0 saturated heterocycles. The molecule has 0 aliphatic rings. The highest BCUT2D eigenvalue weighted by molar-refractivity contribution is 5.91. The molecule has 0 radical (unpaired) electrons. The van der Waals surface area contributed by atoms with Gasteiger partial charge >= 0.3 is 0 Å². The van der Waals surface area contributed by atoms with Crippen molar-refractivity contribution in [2.24, 2.45) is 5.73 Å². The molecule has 6 nitrogen and oxygen atoms in total. The number of nitrogen functional groups attached to an aromatic ring is 1. The number of amides is 1. The Labute approximate surface area is 111 Å². The van der Waals surface area contributed by atoms with Gasteiger partial charge in [0.05, 0.1) is 18.5 Å². The number of nitrogens with two attached hydrogens (primary N) is 2. The SMILES string of the molecule is CCN(Cc1ccco1)c1nc(C(N)=O)ccc1N. The van der Waals surface area contributed by atoms with Gasteiger partial charge in [0.15, 0.2) is 5.82 Å². The van der Waals surface area contributed by atoms with Gasteiger partial charge in [0, 0.05) is 6.54 Å². The molecule has 0 aliphatic heterocycles. The van der Waals surface area contributed by atoms with Crippen molar-refractivity contribution < 1.29 is 9.21 Å². The molecular formula is C13H16N4O2. The molecule has 0 unspecified atom stereocenters. The van der Waals surface area contributed by atoms with Crippen molar-refractivity contribution in [3.8, 4) is 0 Å². The van der Waals surface area contributed by atoms with E-state index < -0.39 is 5.91 Å². The fourth-order valence-corrected chi connectivity index (χ4v) is 1.78. The molecule has 2 rings (SSSR count). The van der Waals surface area contributed by atoms with E-state index in [0.29, 0.717) is 24.6 Å². The zero-order valence-corrected chi connectivity index (χ0v) is 10.7. The van der Waals surface area contributed by atoms with Gasteiger partial charge in [0.25, 0.3) is 5.91 Å². The van der Waals surface area contributed by atoms with Crippen LogP contribution in [0, 0.1) is 0 Å². The van der Waals surface area contributed by atoms with Crippen LogP contribution >= 0.6 is 0 Å². The van der Waals surface area contributed by atoms with Crippen LogP contribution in [0.3, 0.4) is 0 Å². The molecule has 4 N–H and O–H groups in total. The van der Waals surface area contributed by atoms with E-state index in [1.807, 2.05) is 24.0 Å². The van der Waals surface area contributed by atoms with Gasteiger partial charge in [-0.2, -0.15) is 0 Å². The first-order valence-electron chi connectivity index (χ1n) is 5.95. The molecule has 0 spiro atoms. The van der Waals surface area contributed by atoms with Gasteiger partial charge in [-0.05, 0) is 31.2 Å². The van der Waals surface area contributed by atoms with Crippen LogP contribution in [0.2, 0.25) is 0 Å². The summed E-state index contributed by atoms with van der Waals surface area (Å²) >= 11 is 0. The second-order valence-corrected chi connectivity index (χ2v) is 4.07. The molecule has 2 heterocycles. The van der Waals surface area contributed by atoms with Crippen molar-refractivity contribution in [1.82, 2.24) is 4.98 Å². The van der Waals surface area contributed by atoms with E-state index >= 15 is 0 Å². The number of nitrogens with zero attached hydrogens (tertiary/aromatic N) is 2. The Morgan fingerprint density at radius 1 is 1.42 bits per heavy atom. The van der Waals surface area contributed by atoms with E-state index in [-0.39, 0.29) is 5.69 Å². The maximum Gasteiger partial charge on any atom is 0.267 e. The van der Waals surface area contributed by atoms with Crippen molar-refractivity contribution in [1.29, 1.82) is 0 Å². The first kappa shape index (κ1) is 12.9. The Morgan fingerprint density at radius 3 is 2.79 bits per heavy atom. The topological polar surface area (TPSA) is 98.4 Å². The minimum atomic E-state index is -0.574. The van der Waals surface area contributed by atoms with Gasteiger partial charge in [-0.15, -0.1) is 0 Å². The highest BCUT2D eigenvalue weighted by Gasteiger charge is 2.14. The molecule has 0 aliphatic carbocycles. The summed E-state index contributed by atoms with van der Waals surface area (Å²) in [7, 11) is 0. The van der Waals surface area contributed by atoms with Gasteiger partial charge in [-0.1, -0.05) is 0 Å². The number of aromatic nitrogens is 1. The molecule has 0 saturated carbocycles. The lowest BCUT2D eigenvalue weighted by Crippen LogP contribution is -2.25. The van der Waals surface area contributed by atoms with Crippen molar-refractivity contribution in [2.45, 2.75) is 13.5 Å². The Morgan fingerprint density at radius 2 is 2.21 bits per heavy atom. The number of hydrogen-bond donors (Lipinski definition) is 2. The fourth-order valence-electron chi connectivity index (χ4n) is 1.78. The van der Waals surface area contributed by atoms with Crippen molar-refractivity contribution in [2.75, 3.05) is 17.2 Å². The van der Waals surface area contributed by atoms with Crippen LogP contribution in [-0.4, -0.2) is 17.4 Å². The Kier molecular flexibility index (Phi) is 3.70.